The number of carboxylic acid groups (broad SMARTS) is 2. The van der Waals surface area contributed by atoms with Gasteiger partial charge in [-0.25, -0.2) is 9.59 Å². The van der Waals surface area contributed by atoms with Crippen LogP contribution in [0.4, 0.5) is 0 Å². The largest absolute Gasteiger partial charge is 0.489 e. The highest BCUT2D eigenvalue weighted by molar-refractivity contribution is 6.06. The minimum absolute atomic E-state index is 0.0276. The summed E-state index contributed by atoms with van der Waals surface area (Å²) in [6, 6.07) is 14.0. The lowest BCUT2D eigenvalue weighted by molar-refractivity contribution is 0.0695. The van der Waals surface area contributed by atoms with E-state index in [0.29, 0.717) is 16.9 Å². The Morgan fingerprint density at radius 2 is 1.65 bits per heavy atom. The first kappa shape index (κ1) is 24.5. The van der Waals surface area contributed by atoms with E-state index in [9.17, 15) is 19.8 Å². The van der Waals surface area contributed by atoms with E-state index in [4.69, 9.17) is 9.57 Å². The van der Waals surface area contributed by atoms with Crippen molar-refractivity contribution in [2.24, 2.45) is 5.16 Å². The molecule has 0 heterocycles. The van der Waals surface area contributed by atoms with Crippen molar-refractivity contribution in [2.45, 2.75) is 34.3 Å². The molecular weight excluding hydrogens is 434 g/mol. The molecule has 3 aromatic carbocycles. The molecule has 0 aliphatic rings. The van der Waals surface area contributed by atoms with Gasteiger partial charge in [0, 0.05) is 11.1 Å². The minimum Gasteiger partial charge on any atom is -0.489 e. The Morgan fingerprint density at radius 1 is 0.912 bits per heavy atom. The maximum Gasteiger partial charge on any atom is 0.336 e. The number of aromatic carboxylic acids is 2. The van der Waals surface area contributed by atoms with E-state index in [1.165, 1.54) is 19.2 Å². The second-order valence-electron chi connectivity index (χ2n) is 8.02. The zero-order valence-corrected chi connectivity index (χ0v) is 19.8. The van der Waals surface area contributed by atoms with E-state index in [-0.39, 0.29) is 23.3 Å². The molecule has 0 saturated carbocycles. The van der Waals surface area contributed by atoms with Gasteiger partial charge in [0.1, 0.15) is 19.5 Å². The number of benzene rings is 3. The molecular formula is C27H27NO6. The summed E-state index contributed by atoms with van der Waals surface area (Å²) >= 11 is 0. The summed E-state index contributed by atoms with van der Waals surface area (Å²) in [5.74, 6) is -1.71. The monoisotopic (exact) mass is 461 g/mol. The van der Waals surface area contributed by atoms with E-state index in [1.54, 1.807) is 19.1 Å². The maximum atomic E-state index is 12.1. The summed E-state index contributed by atoms with van der Waals surface area (Å²) in [6.07, 6.45) is 0. The van der Waals surface area contributed by atoms with Crippen molar-refractivity contribution in [3.8, 4) is 16.9 Å². The maximum absolute atomic E-state index is 12.1. The first-order valence-electron chi connectivity index (χ1n) is 10.7. The Kier molecular flexibility index (Phi) is 7.36. The van der Waals surface area contributed by atoms with Gasteiger partial charge in [0.2, 0.25) is 0 Å². The summed E-state index contributed by atoms with van der Waals surface area (Å²) in [7, 11) is 1.49. The van der Waals surface area contributed by atoms with Gasteiger partial charge >= 0.3 is 11.9 Å². The normalized spacial score (nSPS) is 11.3. The molecule has 2 N–H and O–H groups in total. The molecule has 7 heteroatoms. The van der Waals surface area contributed by atoms with Gasteiger partial charge in [-0.3, -0.25) is 0 Å². The Balaban J connectivity index is 2.08. The lowest BCUT2D eigenvalue weighted by Gasteiger charge is -2.19. The fourth-order valence-electron chi connectivity index (χ4n) is 3.94. The van der Waals surface area contributed by atoms with Crippen LogP contribution in [0.2, 0.25) is 0 Å². The van der Waals surface area contributed by atoms with Crippen molar-refractivity contribution in [1.29, 1.82) is 0 Å². The van der Waals surface area contributed by atoms with Gasteiger partial charge in [0.05, 0.1) is 16.8 Å². The third-order valence-corrected chi connectivity index (χ3v) is 5.73. The van der Waals surface area contributed by atoms with E-state index < -0.39 is 11.9 Å². The van der Waals surface area contributed by atoms with Crippen LogP contribution in [0, 0.1) is 20.8 Å². The molecule has 0 atom stereocenters. The van der Waals surface area contributed by atoms with Gasteiger partial charge in [0.25, 0.3) is 0 Å². The molecule has 0 bridgehead atoms. The number of ether oxygens (including phenoxy) is 1. The topological polar surface area (TPSA) is 105 Å². The highest BCUT2D eigenvalue weighted by Gasteiger charge is 2.24. The Bertz CT molecular complexity index is 1290. The Morgan fingerprint density at radius 3 is 2.26 bits per heavy atom. The molecule has 34 heavy (non-hydrogen) atoms. The highest BCUT2D eigenvalue weighted by atomic mass is 16.6. The third kappa shape index (κ3) is 4.93. The smallest absolute Gasteiger partial charge is 0.336 e. The van der Waals surface area contributed by atoms with Crippen LogP contribution in [0.15, 0.2) is 53.7 Å². The van der Waals surface area contributed by atoms with E-state index in [2.05, 4.69) is 5.16 Å². The predicted molar refractivity (Wildman–Crippen MR) is 130 cm³/mol. The van der Waals surface area contributed by atoms with E-state index in [0.717, 1.165) is 28.0 Å². The lowest BCUT2D eigenvalue weighted by Crippen LogP contribution is -2.11. The Hall–Kier alpha value is -4.13. The quantitative estimate of drug-likeness (QED) is 0.333. The molecule has 0 unspecified atom stereocenters. The van der Waals surface area contributed by atoms with Gasteiger partial charge in [0.15, 0.2) is 0 Å². The van der Waals surface area contributed by atoms with Crippen LogP contribution in [-0.2, 0) is 11.4 Å². The third-order valence-electron chi connectivity index (χ3n) is 5.73. The molecule has 7 nitrogen and oxygen atoms in total. The van der Waals surface area contributed by atoms with Crippen molar-refractivity contribution >= 4 is 17.7 Å². The zero-order chi connectivity index (χ0) is 25.0. The number of hydrogen-bond donors (Lipinski definition) is 2. The molecule has 3 aromatic rings. The number of carboxylic acids is 2. The number of hydrogen-bond acceptors (Lipinski definition) is 5. The number of aryl methyl sites for hydroxylation is 3. The van der Waals surface area contributed by atoms with Crippen LogP contribution in [0.1, 0.15) is 55.5 Å². The number of rotatable bonds is 8. The molecule has 0 aromatic heterocycles. The second kappa shape index (κ2) is 10.2. The molecule has 0 aliphatic carbocycles. The summed E-state index contributed by atoms with van der Waals surface area (Å²) < 4.78 is 6.13. The van der Waals surface area contributed by atoms with Gasteiger partial charge in [-0.05, 0) is 79.8 Å². The highest BCUT2D eigenvalue weighted by Crippen LogP contribution is 2.35. The van der Waals surface area contributed by atoms with E-state index >= 15 is 0 Å². The summed E-state index contributed by atoms with van der Waals surface area (Å²) in [4.78, 5) is 28.9. The fraction of sp³-hybridized carbons (Fsp3) is 0.222. The average molecular weight is 462 g/mol. The van der Waals surface area contributed by atoms with Crippen LogP contribution < -0.4 is 4.74 Å². The van der Waals surface area contributed by atoms with Crippen molar-refractivity contribution in [3.63, 3.8) is 0 Å². The molecule has 0 amide bonds. The average Bonchev–Trinajstić information content (AvgIpc) is 2.78. The SMILES string of the molecule is CON=C(C)c1ccc(OCc2c(C)cccc2-c2c(C(=O)O)ccc(C)c2C(=O)O)c(C)c1. The molecule has 0 saturated heterocycles. The van der Waals surface area contributed by atoms with Gasteiger partial charge < -0.3 is 19.8 Å². The number of carbonyl (C=O) groups is 2. The van der Waals surface area contributed by atoms with Crippen molar-refractivity contribution in [2.75, 3.05) is 7.11 Å². The lowest BCUT2D eigenvalue weighted by atomic mass is 9.87. The van der Waals surface area contributed by atoms with Gasteiger partial charge in [-0.15, -0.1) is 0 Å². The molecule has 0 spiro atoms. The number of nitrogens with zero attached hydrogens (tertiary/aromatic N) is 1. The van der Waals surface area contributed by atoms with Crippen LogP contribution >= 0.6 is 0 Å². The predicted octanol–water partition coefficient (Wildman–Crippen LogP) is 5.62. The van der Waals surface area contributed by atoms with Gasteiger partial charge in [-0.1, -0.05) is 29.4 Å². The molecule has 3 rings (SSSR count). The van der Waals surface area contributed by atoms with E-state index in [1.807, 2.05) is 45.0 Å². The summed E-state index contributed by atoms with van der Waals surface area (Å²) in [5.41, 5.74) is 5.22. The van der Waals surface area contributed by atoms with Crippen LogP contribution in [0.5, 0.6) is 5.75 Å². The molecule has 0 radical (unpaired) electrons. The first-order valence-corrected chi connectivity index (χ1v) is 10.7. The fourth-order valence-corrected chi connectivity index (χ4v) is 3.94. The van der Waals surface area contributed by atoms with Crippen LogP contribution in [0.25, 0.3) is 11.1 Å². The van der Waals surface area contributed by atoms with Crippen molar-refractivity contribution < 1.29 is 29.4 Å². The minimum atomic E-state index is -1.19. The first-order chi connectivity index (χ1) is 16.1. The van der Waals surface area contributed by atoms with Crippen LogP contribution in [-0.4, -0.2) is 35.0 Å². The summed E-state index contributed by atoms with van der Waals surface area (Å²) in [6.45, 7) is 7.45. The van der Waals surface area contributed by atoms with Gasteiger partial charge in [-0.2, -0.15) is 0 Å². The molecule has 176 valence electrons. The standard InChI is InChI=1S/C27H27NO6/c1-15-7-6-8-20(25-21(26(29)30)11-9-16(2)24(25)27(31)32)22(15)14-34-23-12-10-19(13-17(23)3)18(4)28-33-5/h6-13H,14H2,1-5H3,(H,29,30)(H,31,32). The molecule has 0 aliphatic heterocycles. The Labute approximate surface area is 198 Å². The van der Waals surface area contributed by atoms with Crippen molar-refractivity contribution in [3.05, 3.63) is 87.5 Å². The summed E-state index contributed by atoms with van der Waals surface area (Å²) in [5, 5.41) is 23.6. The van der Waals surface area contributed by atoms with Crippen LogP contribution in [0.3, 0.4) is 0 Å². The zero-order valence-electron chi connectivity index (χ0n) is 19.8. The van der Waals surface area contributed by atoms with Crippen molar-refractivity contribution in [1.82, 2.24) is 0 Å². The number of oxime groups is 1. The molecule has 0 fully saturated rings. The second-order valence-corrected chi connectivity index (χ2v) is 8.02.